The molecule has 30 heavy (non-hydrogen) atoms. The number of amides is 1. The zero-order chi connectivity index (χ0) is 21.7. The fourth-order valence-corrected chi connectivity index (χ4v) is 4.38. The van der Waals surface area contributed by atoms with E-state index in [-0.39, 0.29) is 12.3 Å². The maximum Gasteiger partial charge on any atom is 0.252 e. The van der Waals surface area contributed by atoms with E-state index in [9.17, 15) is 4.79 Å². The smallest absolute Gasteiger partial charge is 0.252 e. The monoisotopic (exact) mass is 428 g/mol. The van der Waals surface area contributed by atoms with Gasteiger partial charge in [-0.3, -0.25) is 4.79 Å². The first kappa shape index (κ1) is 22.1. The van der Waals surface area contributed by atoms with Crippen molar-refractivity contribution in [3.05, 3.63) is 51.8 Å². The predicted octanol–water partition coefficient (Wildman–Crippen LogP) is 4.04. The van der Waals surface area contributed by atoms with Crippen molar-refractivity contribution in [1.82, 2.24) is 4.57 Å². The molecule has 1 amide bonds. The van der Waals surface area contributed by atoms with Gasteiger partial charge in [-0.2, -0.15) is 4.99 Å². The number of carbonyl (C=O) groups is 1. The average Bonchev–Trinajstić information content (AvgIpc) is 3.05. The summed E-state index contributed by atoms with van der Waals surface area (Å²) in [5, 5.41) is 0. The number of fused-ring (bicyclic) bond motifs is 1. The molecule has 0 radical (unpaired) electrons. The molecule has 0 N–H and O–H groups in total. The summed E-state index contributed by atoms with van der Waals surface area (Å²) in [4.78, 5) is 17.9. The van der Waals surface area contributed by atoms with Crippen molar-refractivity contribution in [2.75, 3.05) is 27.4 Å². The summed E-state index contributed by atoms with van der Waals surface area (Å²) >= 11 is 1.46. The molecule has 1 aromatic heterocycles. The van der Waals surface area contributed by atoms with Crippen LogP contribution in [0.5, 0.6) is 11.5 Å². The maximum absolute atomic E-state index is 12.8. The lowest BCUT2D eigenvalue weighted by atomic mass is 10.0. The molecule has 0 fully saturated rings. The van der Waals surface area contributed by atoms with E-state index in [1.165, 1.54) is 11.3 Å². The summed E-state index contributed by atoms with van der Waals surface area (Å²) in [6, 6.07) is 9.98. The molecule has 0 saturated heterocycles. The van der Waals surface area contributed by atoms with Gasteiger partial charge in [-0.1, -0.05) is 35.1 Å². The van der Waals surface area contributed by atoms with E-state index in [0.717, 1.165) is 26.9 Å². The molecule has 1 heterocycles. The van der Waals surface area contributed by atoms with Crippen LogP contribution in [-0.2, 0) is 22.5 Å². The van der Waals surface area contributed by atoms with Crippen LogP contribution in [0, 0.1) is 13.8 Å². The highest BCUT2D eigenvalue weighted by molar-refractivity contribution is 7.16. The molecule has 0 saturated carbocycles. The molecule has 2 aromatic carbocycles. The van der Waals surface area contributed by atoms with Crippen molar-refractivity contribution in [2.24, 2.45) is 4.99 Å². The van der Waals surface area contributed by atoms with Crippen LogP contribution in [0.4, 0.5) is 0 Å². The molecule has 0 spiro atoms. The fraction of sp³-hybridized carbons (Fsp3) is 0.391. The molecular formula is C23H28N2O4S. The molecule has 0 aliphatic heterocycles. The predicted molar refractivity (Wildman–Crippen MR) is 120 cm³/mol. The van der Waals surface area contributed by atoms with E-state index in [2.05, 4.69) is 11.1 Å². The van der Waals surface area contributed by atoms with Crippen LogP contribution in [0.2, 0.25) is 0 Å². The number of nitrogens with zero attached hydrogens (tertiary/aromatic N) is 2. The first-order valence-corrected chi connectivity index (χ1v) is 10.7. The second kappa shape index (κ2) is 9.91. The molecule has 3 rings (SSSR count). The number of rotatable bonds is 8. The first-order valence-electron chi connectivity index (χ1n) is 9.93. The Labute approximate surface area is 180 Å². The third-order valence-corrected chi connectivity index (χ3v) is 5.96. The highest BCUT2D eigenvalue weighted by Gasteiger charge is 2.14. The van der Waals surface area contributed by atoms with Gasteiger partial charge in [0.05, 0.1) is 37.5 Å². The highest BCUT2D eigenvalue weighted by Crippen LogP contribution is 2.33. The van der Waals surface area contributed by atoms with Gasteiger partial charge in [-0.05, 0) is 31.9 Å². The van der Waals surface area contributed by atoms with Gasteiger partial charge in [-0.15, -0.1) is 0 Å². The number of methoxy groups -OCH3 is 2. The second-order valence-electron chi connectivity index (χ2n) is 7.02. The number of aromatic nitrogens is 1. The molecule has 0 atom stereocenters. The molecule has 0 aliphatic carbocycles. The fourth-order valence-electron chi connectivity index (χ4n) is 3.30. The zero-order valence-corrected chi connectivity index (χ0v) is 19.0. The Balaban J connectivity index is 2.04. The molecule has 160 valence electrons. The largest absolute Gasteiger partial charge is 0.493 e. The molecule has 7 heteroatoms. The van der Waals surface area contributed by atoms with Gasteiger partial charge >= 0.3 is 0 Å². The van der Waals surface area contributed by atoms with E-state index in [4.69, 9.17) is 14.2 Å². The van der Waals surface area contributed by atoms with E-state index in [0.29, 0.717) is 36.1 Å². The van der Waals surface area contributed by atoms with Crippen molar-refractivity contribution in [1.29, 1.82) is 0 Å². The van der Waals surface area contributed by atoms with Crippen molar-refractivity contribution >= 4 is 27.5 Å². The van der Waals surface area contributed by atoms with E-state index in [1.807, 2.05) is 49.6 Å². The van der Waals surface area contributed by atoms with Gasteiger partial charge in [0.15, 0.2) is 16.3 Å². The van der Waals surface area contributed by atoms with Gasteiger partial charge in [0, 0.05) is 25.3 Å². The lowest BCUT2D eigenvalue weighted by molar-refractivity contribution is -0.117. The number of benzene rings is 2. The van der Waals surface area contributed by atoms with Crippen LogP contribution in [0.3, 0.4) is 0 Å². The zero-order valence-electron chi connectivity index (χ0n) is 18.2. The quantitative estimate of drug-likeness (QED) is 0.508. The Hall–Kier alpha value is -2.64. The minimum absolute atomic E-state index is 0.167. The molecule has 0 unspecified atom stereocenters. The van der Waals surface area contributed by atoms with Gasteiger partial charge in [0.1, 0.15) is 0 Å². The third-order valence-electron chi connectivity index (χ3n) is 4.92. The summed E-state index contributed by atoms with van der Waals surface area (Å²) in [6.07, 6.45) is 0.278. The lowest BCUT2D eigenvalue weighted by Crippen LogP contribution is -2.20. The van der Waals surface area contributed by atoms with Gasteiger partial charge < -0.3 is 18.8 Å². The summed E-state index contributed by atoms with van der Waals surface area (Å²) in [5.41, 5.74) is 4.18. The molecule has 3 aromatic rings. The van der Waals surface area contributed by atoms with Crippen LogP contribution < -0.4 is 14.3 Å². The maximum atomic E-state index is 12.8. The van der Waals surface area contributed by atoms with E-state index in [1.54, 1.807) is 14.2 Å². The molecule has 6 nitrogen and oxygen atoms in total. The Morgan fingerprint density at radius 1 is 1.10 bits per heavy atom. The van der Waals surface area contributed by atoms with Crippen LogP contribution in [0.1, 0.15) is 23.6 Å². The number of thiazole rings is 1. The number of aryl methyl sites for hydroxylation is 2. The van der Waals surface area contributed by atoms with Crippen LogP contribution in [0.15, 0.2) is 35.3 Å². The standard InChI is InChI=1S/C23H28N2O4S/c1-6-29-10-9-25-18-13-19(27-4)20(28-5)14-21(18)30-23(25)24-22(26)12-17-11-15(2)7-8-16(17)3/h7-8,11,13-14H,6,9-10,12H2,1-5H3. The van der Waals surface area contributed by atoms with E-state index < -0.39 is 0 Å². The first-order chi connectivity index (χ1) is 14.5. The normalized spacial score (nSPS) is 11.8. The Morgan fingerprint density at radius 3 is 2.53 bits per heavy atom. The van der Waals surface area contributed by atoms with Crippen LogP contribution >= 0.6 is 11.3 Å². The van der Waals surface area contributed by atoms with E-state index >= 15 is 0 Å². The minimum atomic E-state index is -0.167. The summed E-state index contributed by atoms with van der Waals surface area (Å²) in [7, 11) is 3.22. The third kappa shape index (κ3) is 4.91. The number of ether oxygens (including phenoxy) is 3. The molecule has 0 bridgehead atoms. The summed E-state index contributed by atoms with van der Waals surface area (Å²) < 4.78 is 19.4. The lowest BCUT2D eigenvalue weighted by Gasteiger charge is -2.09. The minimum Gasteiger partial charge on any atom is -0.493 e. The summed E-state index contributed by atoms with van der Waals surface area (Å²) in [5.74, 6) is 1.12. The van der Waals surface area contributed by atoms with Crippen molar-refractivity contribution in [2.45, 2.75) is 33.7 Å². The SMILES string of the molecule is CCOCCn1c(=NC(=O)Cc2cc(C)ccc2C)sc2cc(OC)c(OC)cc21. The number of carbonyl (C=O) groups excluding carboxylic acids is 1. The highest BCUT2D eigenvalue weighted by atomic mass is 32.1. The van der Waals surface area contributed by atoms with Crippen molar-refractivity contribution in [3.63, 3.8) is 0 Å². The Morgan fingerprint density at radius 2 is 1.83 bits per heavy atom. The molecule has 0 aliphatic rings. The van der Waals surface area contributed by atoms with Crippen molar-refractivity contribution in [3.8, 4) is 11.5 Å². The number of hydrogen-bond acceptors (Lipinski definition) is 5. The summed E-state index contributed by atoms with van der Waals surface area (Å²) in [6.45, 7) is 7.77. The van der Waals surface area contributed by atoms with Gasteiger partial charge in [0.25, 0.3) is 5.91 Å². The topological polar surface area (TPSA) is 62.1 Å². The second-order valence-corrected chi connectivity index (χ2v) is 8.03. The Kier molecular flexibility index (Phi) is 7.29. The molecular weight excluding hydrogens is 400 g/mol. The van der Waals surface area contributed by atoms with Crippen molar-refractivity contribution < 1.29 is 19.0 Å². The average molecular weight is 429 g/mol. The number of hydrogen-bond donors (Lipinski definition) is 0. The Bertz CT molecular complexity index is 1110. The van der Waals surface area contributed by atoms with Crippen LogP contribution in [0.25, 0.3) is 10.2 Å². The van der Waals surface area contributed by atoms with Gasteiger partial charge in [-0.25, -0.2) is 0 Å². The van der Waals surface area contributed by atoms with Crippen LogP contribution in [-0.4, -0.2) is 37.9 Å². The van der Waals surface area contributed by atoms with Gasteiger partial charge in [0.2, 0.25) is 0 Å².